The van der Waals surface area contributed by atoms with Gasteiger partial charge in [-0.15, -0.1) is 0 Å². The van der Waals surface area contributed by atoms with Gasteiger partial charge >= 0.3 is 11.9 Å². The largest absolute Gasteiger partial charge is 0.461 e. The third kappa shape index (κ3) is 4.43. The molecule has 106 valence electrons. The number of aromatic amines is 1. The van der Waals surface area contributed by atoms with Crippen molar-refractivity contribution in [3.8, 4) is 0 Å². The highest BCUT2D eigenvalue weighted by molar-refractivity contribution is 5.90. The summed E-state index contributed by atoms with van der Waals surface area (Å²) in [4.78, 5) is 25.8. The number of rotatable bonds is 4. The zero-order chi connectivity index (χ0) is 14.6. The predicted molar refractivity (Wildman–Crippen MR) is 70.8 cm³/mol. The van der Waals surface area contributed by atoms with E-state index in [9.17, 15) is 9.59 Å². The topological polar surface area (TPSA) is 68.4 Å². The molecule has 0 saturated heterocycles. The lowest BCUT2D eigenvalue weighted by Crippen LogP contribution is -2.24. The lowest BCUT2D eigenvalue weighted by atomic mass is 10.1. The Morgan fingerprint density at radius 1 is 1.32 bits per heavy atom. The number of carbonyl (C=O) groups excluding carboxylic acids is 2. The molecule has 0 bridgehead atoms. The predicted octanol–water partition coefficient (Wildman–Crippen LogP) is 2.60. The first-order chi connectivity index (χ1) is 8.74. The Morgan fingerprint density at radius 3 is 2.42 bits per heavy atom. The van der Waals surface area contributed by atoms with Crippen LogP contribution in [-0.4, -0.2) is 22.5 Å². The molecule has 0 aliphatic carbocycles. The summed E-state index contributed by atoms with van der Waals surface area (Å²) in [7, 11) is 0. The van der Waals surface area contributed by atoms with Crippen LogP contribution in [0.3, 0.4) is 0 Å². The third-order valence-electron chi connectivity index (χ3n) is 2.47. The summed E-state index contributed by atoms with van der Waals surface area (Å²) in [6.07, 6.45) is 2.34. The van der Waals surface area contributed by atoms with E-state index in [1.54, 1.807) is 6.20 Å². The molecule has 19 heavy (non-hydrogen) atoms. The van der Waals surface area contributed by atoms with Gasteiger partial charge in [-0.25, -0.2) is 4.79 Å². The van der Waals surface area contributed by atoms with E-state index in [4.69, 9.17) is 9.47 Å². The Kier molecular flexibility index (Phi) is 4.75. The van der Waals surface area contributed by atoms with Crippen molar-refractivity contribution in [2.45, 2.75) is 53.2 Å². The van der Waals surface area contributed by atoms with Gasteiger partial charge in [0.05, 0.1) is 0 Å². The first-order valence-electron chi connectivity index (χ1n) is 6.30. The molecule has 0 spiro atoms. The van der Waals surface area contributed by atoms with Gasteiger partial charge in [0.2, 0.25) is 0 Å². The van der Waals surface area contributed by atoms with E-state index >= 15 is 0 Å². The zero-order valence-corrected chi connectivity index (χ0v) is 12.1. The summed E-state index contributed by atoms with van der Waals surface area (Å²) in [5.41, 5.74) is 1.53. The molecule has 0 aromatic carbocycles. The first kappa shape index (κ1) is 15.3. The molecule has 1 heterocycles. The van der Waals surface area contributed by atoms with Crippen LogP contribution >= 0.6 is 0 Å². The smallest absolute Gasteiger partial charge is 0.355 e. The maximum absolute atomic E-state index is 12.0. The van der Waals surface area contributed by atoms with Gasteiger partial charge in [0.1, 0.15) is 17.9 Å². The van der Waals surface area contributed by atoms with E-state index in [-0.39, 0.29) is 12.6 Å². The molecule has 0 saturated carbocycles. The summed E-state index contributed by atoms with van der Waals surface area (Å²) < 4.78 is 10.3. The summed E-state index contributed by atoms with van der Waals surface area (Å²) in [5, 5.41) is 0. The number of ether oxygens (including phenoxy) is 2. The van der Waals surface area contributed by atoms with E-state index in [0.717, 1.165) is 11.1 Å². The zero-order valence-electron chi connectivity index (χ0n) is 12.1. The number of carbonyl (C=O) groups is 2. The molecule has 5 nitrogen and oxygen atoms in total. The normalized spacial score (nSPS) is 11.2. The standard InChI is InChI=1S/C14H21NO4/c1-6-11-10(8-18-9(2)16)7-15-12(11)13(17)19-14(3,4)5/h7,15H,6,8H2,1-5H3. The van der Waals surface area contributed by atoms with Gasteiger partial charge in [-0.05, 0) is 32.8 Å². The third-order valence-corrected chi connectivity index (χ3v) is 2.47. The Labute approximate surface area is 113 Å². The highest BCUT2D eigenvalue weighted by Gasteiger charge is 2.22. The number of hydrogen-bond acceptors (Lipinski definition) is 4. The van der Waals surface area contributed by atoms with Crippen LogP contribution in [0.5, 0.6) is 0 Å². The van der Waals surface area contributed by atoms with Crippen LogP contribution in [0.25, 0.3) is 0 Å². The van der Waals surface area contributed by atoms with Crippen LogP contribution in [0, 0.1) is 0 Å². The van der Waals surface area contributed by atoms with Crippen LogP contribution < -0.4 is 0 Å². The van der Waals surface area contributed by atoms with E-state index in [1.165, 1.54) is 6.92 Å². The molecule has 0 aliphatic rings. The van der Waals surface area contributed by atoms with Crippen molar-refractivity contribution >= 4 is 11.9 Å². The van der Waals surface area contributed by atoms with E-state index < -0.39 is 11.6 Å². The van der Waals surface area contributed by atoms with E-state index in [0.29, 0.717) is 12.1 Å². The molecule has 1 aromatic heterocycles. The second-order valence-corrected chi connectivity index (χ2v) is 5.30. The van der Waals surface area contributed by atoms with Crippen molar-refractivity contribution in [2.75, 3.05) is 0 Å². The van der Waals surface area contributed by atoms with E-state index in [1.807, 2.05) is 27.7 Å². The molecule has 0 unspecified atom stereocenters. The average molecular weight is 267 g/mol. The Hall–Kier alpha value is -1.78. The molecule has 5 heteroatoms. The van der Waals surface area contributed by atoms with Crippen LogP contribution in [0.1, 0.15) is 56.2 Å². The quantitative estimate of drug-likeness (QED) is 0.851. The van der Waals surface area contributed by atoms with Gasteiger partial charge in [-0.1, -0.05) is 6.92 Å². The lowest BCUT2D eigenvalue weighted by molar-refractivity contribution is -0.142. The highest BCUT2D eigenvalue weighted by Crippen LogP contribution is 2.19. The lowest BCUT2D eigenvalue weighted by Gasteiger charge is -2.19. The minimum absolute atomic E-state index is 0.164. The fraction of sp³-hybridized carbons (Fsp3) is 0.571. The molecule has 0 atom stereocenters. The van der Waals surface area contributed by atoms with Gasteiger partial charge in [-0.3, -0.25) is 4.79 Å². The first-order valence-corrected chi connectivity index (χ1v) is 6.30. The maximum Gasteiger partial charge on any atom is 0.355 e. The number of H-pyrrole nitrogens is 1. The SMILES string of the molecule is CCc1c(COC(C)=O)c[nH]c1C(=O)OC(C)(C)C. The van der Waals surface area contributed by atoms with Crippen LogP contribution in [0.4, 0.5) is 0 Å². The maximum atomic E-state index is 12.0. The van der Waals surface area contributed by atoms with Crippen molar-refractivity contribution in [2.24, 2.45) is 0 Å². The van der Waals surface area contributed by atoms with Crippen molar-refractivity contribution in [1.82, 2.24) is 4.98 Å². The van der Waals surface area contributed by atoms with Gasteiger partial charge < -0.3 is 14.5 Å². The molecule has 1 aromatic rings. The number of aromatic nitrogens is 1. The van der Waals surface area contributed by atoms with Crippen molar-refractivity contribution < 1.29 is 19.1 Å². The highest BCUT2D eigenvalue weighted by atomic mass is 16.6. The average Bonchev–Trinajstić information content (AvgIpc) is 2.66. The van der Waals surface area contributed by atoms with Crippen molar-refractivity contribution in [3.63, 3.8) is 0 Å². The second-order valence-electron chi connectivity index (χ2n) is 5.30. The van der Waals surface area contributed by atoms with E-state index in [2.05, 4.69) is 4.98 Å². The van der Waals surface area contributed by atoms with Crippen LogP contribution in [0.15, 0.2) is 6.20 Å². The summed E-state index contributed by atoms with van der Waals surface area (Å²) in [6, 6.07) is 0. The monoisotopic (exact) mass is 267 g/mol. The summed E-state index contributed by atoms with van der Waals surface area (Å²) in [6.45, 7) is 8.91. The fourth-order valence-electron chi connectivity index (χ4n) is 1.72. The Morgan fingerprint density at radius 2 is 1.95 bits per heavy atom. The van der Waals surface area contributed by atoms with Crippen LogP contribution in [0.2, 0.25) is 0 Å². The number of nitrogens with one attached hydrogen (secondary N) is 1. The minimum atomic E-state index is -0.538. The summed E-state index contributed by atoms with van der Waals surface area (Å²) in [5.74, 6) is -0.736. The molecule has 0 radical (unpaired) electrons. The van der Waals surface area contributed by atoms with Gasteiger partial charge in [0.15, 0.2) is 0 Å². The minimum Gasteiger partial charge on any atom is -0.461 e. The molecular weight excluding hydrogens is 246 g/mol. The summed E-state index contributed by atoms with van der Waals surface area (Å²) >= 11 is 0. The second kappa shape index (κ2) is 5.91. The molecular formula is C14H21NO4. The van der Waals surface area contributed by atoms with Gasteiger partial charge in [0, 0.05) is 18.7 Å². The number of esters is 2. The molecule has 1 rings (SSSR count). The molecule has 0 aliphatic heterocycles. The molecule has 0 amide bonds. The Bertz CT molecular complexity index is 468. The van der Waals surface area contributed by atoms with Gasteiger partial charge in [-0.2, -0.15) is 0 Å². The van der Waals surface area contributed by atoms with Crippen LogP contribution in [-0.2, 0) is 27.3 Å². The molecule has 0 fully saturated rings. The number of hydrogen-bond donors (Lipinski definition) is 1. The Balaban J connectivity index is 2.90. The fourth-order valence-corrected chi connectivity index (χ4v) is 1.72. The van der Waals surface area contributed by atoms with Crippen molar-refractivity contribution in [1.29, 1.82) is 0 Å². The van der Waals surface area contributed by atoms with Gasteiger partial charge in [0.25, 0.3) is 0 Å². The molecule has 1 N–H and O–H groups in total. The van der Waals surface area contributed by atoms with Crippen molar-refractivity contribution in [3.05, 3.63) is 23.0 Å².